The Morgan fingerprint density at radius 1 is 1.57 bits per heavy atom. The predicted molar refractivity (Wildman–Crippen MR) is 56.6 cm³/mol. The molecule has 0 radical (unpaired) electrons. The lowest BCUT2D eigenvalue weighted by Gasteiger charge is -1.98. The summed E-state index contributed by atoms with van der Waals surface area (Å²) in [7, 11) is 0. The van der Waals surface area contributed by atoms with Gasteiger partial charge < -0.3 is 11.1 Å². The highest BCUT2D eigenvalue weighted by Crippen LogP contribution is 2.19. The molecule has 3 N–H and O–H groups in total. The monoisotopic (exact) mass is 226 g/mol. The number of nitrogens with two attached hydrogens (primary N) is 1. The van der Waals surface area contributed by atoms with Gasteiger partial charge in [0.1, 0.15) is 4.88 Å². The number of nitrogen functional groups attached to an aromatic ring is 1. The second-order valence-corrected chi connectivity index (χ2v) is 3.98. The average Bonchev–Trinajstić information content (AvgIpc) is 2.75. The maximum Gasteiger partial charge on any atom is 0.269 e. The Bertz CT molecular complexity index is 436. The van der Waals surface area contributed by atoms with E-state index in [0.717, 1.165) is 0 Å². The van der Waals surface area contributed by atoms with Gasteiger partial charge in [0, 0.05) is 0 Å². The molecule has 0 unspecified atom stereocenters. The molecule has 14 heavy (non-hydrogen) atoms. The molecule has 0 aromatic carbocycles. The molecule has 0 aliphatic heterocycles. The van der Waals surface area contributed by atoms with Crippen LogP contribution in [-0.4, -0.2) is 15.5 Å². The molecule has 0 saturated carbocycles. The first-order chi connectivity index (χ1) is 6.77. The number of nitrogens with one attached hydrogen (secondary N) is 1. The molecule has 0 aliphatic carbocycles. The second kappa shape index (κ2) is 3.72. The van der Waals surface area contributed by atoms with Crippen molar-refractivity contribution in [3.8, 4) is 0 Å². The molecular formula is C7H6N4OS2. The second-order valence-electron chi connectivity index (χ2n) is 2.45. The summed E-state index contributed by atoms with van der Waals surface area (Å²) >= 11 is 2.48. The SMILES string of the molecule is Nc1ccsc1C(=O)Nc1csnn1. The molecular weight excluding hydrogens is 220 g/mol. The molecule has 0 spiro atoms. The number of hydrogen-bond acceptors (Lipinski definition) is 6. The minimum atomic E-state index is -0.245. The lowest BCUT2D eigenvalue weighted by molar-refractivity contribution is 0.103. The van der Waals surface area contributed by atoms with Gasteiger partial charge in [-0.1, -0.05) is 4.49 Å². The molecule has 0 fully saturated rings. The van der Waals surface area contributed by atoms with E-state index < -0.39 is 0 Å². The van der Waals surface area contributed by atoms with E-state index in [1.165, 1.54) is 22.9 Å². The molecule has 2 aromatic rings. The summed E-state index contributed by atoms with van der Waals surface area (Å²) in [6, 6.07) is 1.69. The molecule has 1 amide bonds. The summed E-state index contributed by atoms with van der Waals surface area (Å²) in [5.41, 5.74) is 6.07. The fourth-order valence-electron chi connectivity index (χ4n) is 0.896. The fraction of sp³-hybridized carbons (Fsp3) is 0. The standard InChI is InChI=1S/C7H6N4OS2/c8-4-1-2-13-6(4)7(12)9-5-3-14-11-10-5/h1-3H,8H2,(H,9,12). The molecule has 7 heteroatoms. The summed E-state index contributed by atoms with van der Waals surface area (Å²) in [6.45, 7) is 0. The van der Waals surface area contributed by atoms with Gasteiger partial charge in [-0.05, 0) is 23.0 Å². The van der Waals surface area contributed by atoms with Gasteiger partial charge in [0.15, 0.2) is 5.82 Å². The Labute approximate surface area is 87.7 Å². The number of anilines is 2. The maximum atomic E-state index is 11.6. The molecule has 2 rings (SSSR count). The topological polar surface area (TPSA) is 80.9 Å². The molecule has 2 aromatic heterocycles. The van der Waals surface area contributed by atoms with Crippen molar-refractivity contribution in [3.05, 3.63) is 21.7 Å². The molecule has 0 bridgehead atoms. The van der Waals surface area contributed by atoms with Gasteiger partial charge in [-0.25, -0.2) is 0 Å². The highest BCUT2D eigenvalue weighted by molar-refractivity contribution is 7.12. The number of amides is 1. The zero-order valence-electron chi connectivity index (χ0n) is 6.93. The summed E-state index contributed by atoms with van der Waals surface area (Å²) in [4.78, 5) is 12.0. The van der Waals surface area contributed by atoms with Crippen molar-refractivity contribution in [2.75, 3.05) is 11.1 Å². The van der Waals surface area contributed by atoms with Crippen LogP contribution in [0.2, 0.25) is 0 Å². The van der Waals surface area contributed by atoms with Crippen molar-refractivity contribution in [3.63, 3.8) is 0 Å². The van der Waals surface area contributed by atoms with Gasteiger partial charge in [-0.2, -0.15) is 0 Å². The third kappa shape index (κ3) is 1.73. The van der Waals surface area contributed by atoms with E-state index in [9.17, 15) is 4.79 Å². The number of nitrogens with zero attached hydrogens (tertiary/aromatic N) is 2. The highest BCUT2D eigenvalue weighted by atomic mass is 32.1. The van der Waals surface area contributed by atoms with E-state index in [4.69, 9.17) is 5.73 Å². The third-order valence-corrected chi connectivity index (χ3v) is 2.94. The number of carbonyl (C=O) groups is 1. The van der Waals surface area contributed by atoms with Crippen LogP contribution < -0.4 is 11.1 Å². The Kier molecular flexibility index (Phi) is 2.42. The van der Waals surface area contributed by atoms with Gasteiger partial charge >= 0.3 is 0 Å². The summed E-state index contributed by atoms with van der Waals surface area (Å²) in [5.74, 6) is 0.206. The maximum absolute atomic E-state index is 11.6. The van der Waals surface area contributed by atoms with E-state index in [-0.39, 0.29) is 5.91 Å². The van der Waals surface area contributed by atoms with Crippen molar-refractivity contribution in [2.24, 2.45) is 0 Å². The molecule has 0 atom stereocenters. The van der Waals surface area contributed by atoms with Crippen molar-refractivity contribution >= 4 is 40.3 Å². The van der Waals surface area contributed by atoms with Gasteiger partial charge in [0.05, 0.1) is 11.1 Å². The Morgan fingerprint density at radius 2 is 2.43 bits per heavy atom. The van der Waals surface area contributed by atoms with Crippen LogP contribution in [0.4, 0.5) is 11.5 Å². The number of carbonyl (C=O) groups excluding carboxylic acids is 1. The van der Waals surface area contributed by atoms with Gasteiger partial charge in [0.2, 0.25) is 0 Å². The van der Waals surface area contributed by atoms with Crippen LogP contribution in [0.15, 0.2) is 16.8 Å². The van der Waals surface area contributed by atoms with E-state index in [1.54, 1.807) is 16.8 Å². The van der Waals surface area contributed by atoms with Crippen LogP contribution in [0.1, 0.15) is 9.67 Å². The predicted octanol–water partition coefficient (Wildman–Crippen LogP) is 1.43. The third-order valence-electron chi connectivity index (χ3n) is 1.50. The minimum Gasteiger partial charge on any atom is -0.397 e. The van der Waals surface area contributed by atoms with Crippen molar-refractivity contribution < 1.29 is 4.79 Å². The Morgan fingerprint density at radius 3 is 3.00 bits per heavy atom. The van der Waals surface area contributed by atoms with E-state index in [1.807, 2.05) is 0 Å². The molecule has 72 valence electrons. The van der Waals surface area contributed by atoms with Crippen molar-refractivity contribution in [2.45, 2.75) is 0 Å². The zero-order valence-corrected chi connectivity index (χ0v) is 8.56. The first-order valence-corrected chi connectivity index (χ1v) is 5.40. The lowest BCUT2D eigenvalue weighted by Crippen LogP contribution is -2.12. The smallest absolute Gasteiger partial charge is 0.269 e. The Balaban J connectivity index is 2.14. The molecule has 2 heterocycles. The number of hydrogen-bond donors (Lipinski definition) is 2. The van der Waals surface area contributed by atoms with E-state index >= 15 is 0 Å². The van der Waals surface area contributed by atoms with Crippen LogP contribution in [0, 0.1) is 0 Å². The Hall–Kier alpha value is -1.47. The summed E-state index contributed by atoms with van der Waals surface area (Å²) in [5, 5.41) is 9.71. The van der Waals surface area contributed by atoms with Crippen LogP contribution in [0.5, 0.6) is 0 Å². The van der Waals surface area contributed by atoms with Crippen molar-refractivity contribution in [1.82, 2.24) is 9.59 Å². The quantitative estimate of drug-likeness (QED) is 0.811. The normalized spacial score (nSPS) is 10.0. The highest BCUT2D eigenvalue weighted by Gasteiger charge is 2.11. The fourth-order valence-corrected chi connectivity index (χ4v) is 2.00. The average molecular weight is 226 g/mol. The van der Waals surface area contributed by atoms with Gasteiger partial charge in [0.25, 0.3) is 5.91 Å². The summed E-state index contributed by atoms with van der Waals surface area (Å²) < 4.78 is 3.63. The van der Waals surface area contributed by atoms with Crippen molar-refractivity contribution in [1.29, 1.82) is 0 Å². The first-order valence-electron chi connectivity index (χ1n) is 3.69. The number of rotatable bonds is 2. The largest absolute Gasteiger partial charge is 0.397 e. The van der Waals surface area contributed by atoms with Crippen LogP contribution in [-0.2, 0) is 0 Å². The van der Waals surface area contributed by atoms with Gasteiger partial charge in [-0.15, -0.1) is 16.4 Å². The molecule has 0 saturated heterocycles. The molecule has 5 nitrogen and oxygen atoms in total. The minimum absolute atomic E-state index is 0.245. The number of thiophene rings is 1. The van der Waals surface area contributed by atoms with E-state index in [2.05, 4.69) is 14.9 Å². The summed E-state index contributed by atoms with van der Waals surface area (Å²) in [6.07, 6.45) is 0. The van der Waals surface area contributed by atoms with E-state index in [0.29, 0.717) is 16.4 Å². The van der Waals surface area contributed by atoms with Crippen LogP contribution in [0.25, 0.3) is 0 Å². The lowest BCUT2D eigenvalue weighted by atomic mass is 10.4. The number of aromatic nitrogens is 2. The zero-order chi connectivity index (χ0) is 9.97. The van der Waals surface area contributed by atoms with Gasteiger partial charge in [-0.3, -0.25) is 4.79 Å². The van der Waals surface area contributed by atoms with Crippen LogP contribution in [0.3, 0.4) is 0 Å². The molecule has 0 aliphatic rings. The first kappa shape index (κ1) is 9.10. The van der Waals surface area contributed by atoms with Crippen LogP contribution >= 0.6 is 22.9 Å².